The summed E-state index contributed by atoms with van der Waals surface area (Å²) in [7, 11) is 0. The number of hydrogen-bond donors (Lipinski definition) is 0. The molecule has 88 valence electrons. The number of ketones is 2. The van der Waals surface area contributed by atoms with Crippen LogP contribution in [0.25, 0.3) is 0 Å². The van der Waals surface area contributed by atoms with Gasteiger partial charge in [0, 0.05) is 29.1 Å². The van der Waals surface area contributed by atoms with Crippen molar-refractivity contribution in [3.05, 3.63) is 64.0 Å². The molecule has 18 heavy (non-hydrogen) atoms. The average Bonchev–Trinajstić information content (AvgIpc) is 2.38. The molecule has 2 aromatic rings. The lowest BCUT2D eigenvalue weighted by molar-refractivity contribution is 0.0977. The fraction of sp³-hybridized carbons (Fsp3) is 0.133. The number of aromatic nitrogens is 1. The van der Waals surface area contributed by atoms with E-state index in [1.54, 1.807) is 12.3 Å². The van der Waals surface area contributed by atoms with E-state index in [9.17, 15) is 9.59 Å². The second kappa shape index (κ2) is 3.60. The van der Waals surface area contributed by atoms with Crippen LogP contribution in [0.2, 0.25) is 0 Å². The third-order valence-electron chi connectivity index (χ3n) is 3.39. The molecule has 1 aromatic heterocycles. The van der Waals surface area contributed by atoms with Crippen molar-refractivity contribution in [2.45, 2.75) is 13.8 Å². The molecular weight excluding hydrogens is 226 g/mol. The second-order valence-electron chi connectivity index (χ2n) is 4.53. The summed E-state index contributed by atoms with van der Waals surface area (Å²) in [5.41, 5.74) is 3.61. The van der Waals surface area contributed by atoms with Gasteiger partial charge in [-0.05, 0) is 31.0 Å². The molecule has 0 N–H and O–H groups in total. The number of carbonyl (C=O) groups is 2. The molecule has 0 unspecified atom stereocenters. The summed E-state index contributed by atoms with van der Waals surface area (Å²) in [6, 6.07) is 5.37. The van der Waals surface area contributed by atoms with Crippen LogP contribution in [0.1, 0.15) is 43.0 Å². The minimum Gasteiger partial charge on any atom is -0.289 e. The van der Waals surface area contributed by atoms with Crippen molar-refractivity contribution in [2.75, 3.05) is 0 Å². The smallest absolute Gasteiger partial charge is 0.196 e. The Kier molecular flexibility index (Phi) is 2.17. The molecule has 0 saturated carbocycles. The molecule has 1 aliphatic rings. The summed E-state index contributed by atoms with van der Waals surface area (Å²) >= 11 is 0. The van der Waals surface area contributed by atoms with Crippen LogP contribution in [0, 0.1) is 13.8 Å². The Hall–Kier alpha value is -2.29. The Morgan fingerprint density at radius 3 is 2.00 bits per heavy atom. The first kappa shape index (κ1) is 10.8. The van der Waals surface area contributed by atoms with Gasteiger partial charge in [0.25, 0.3) is 0 Å². The summed E-state index contributed by atoms with van der Waals surface area (Å²) in [6.07, 6.45) is 3.01. The van der Waals surface area contributed by atoms with E-state index in [1.165, 1.54) is 6.20 Å². The van der Waals surface area contributed by atoms with Gasteiger partial charge in [-0.15, -0.1) is 0 Å². The molecule has 3 nitrogen and oxygen atoms in total. The van der Waals surface area contributed by atoms with Crippen LogP contribution >= 0.6 is 0 Å². The average molecular weight is 237 g/mol. The van der Waals surface area contributed by atoms with Gasteiger partial charge in [0.15, 0.2) is 11.6 Å². The number of aryl methyl sites for hydroxylation is 2. The van der Waals surface area contributed by atoms with Gasteiger partial charge in [0.1, 0.15) is 0 Å². The standard InChI is InChI=1S/C15H11NO2/c1-8-3-4-9(2)13-12(8)14(17)10-5-6-16-7-11(10)15(13)18/h3-7H,1-2H3. The van der Waals surface area contributed by atoms with Crippen LogP contribution in [0.15, 0.2) is 30.6 Å². The van der Waals surface area contributed by atoms with E-state index in [1.807, 2.05) is 26.0 Å². The van der Waals surface area contributed by atoms with Gasteiger partial charge >= 0.3 is 0 Å². The van der Waals surface area contributed by atoms with E-state index in [2.05, 4.69) is 4.98 Å². The lowest BCUT2D eigenvalue weighted by atomic mass is 9.81. The predicted octanol–water partition coefficient (Wildman–Crippen LogP) is 2.47. The summed E-state index contributed by atoms with van der Waals surface area (Å²) in [6.45, 7) is 3.71. The maximum Gasteiger partial charge on any atom is 0.196 e. The van der Waals surface area contributed by atoms with E-state index in [0.717, 1.165) is 11.1 Å². The first-order valence-corrected chi connectivity index (χ1v) is 5.75. The van der Waals surface area contributed by atoms with E-state index in [4.69, 9.17) is 0 Å². The van der Waals surface area contributed by atoms with Crippen molar-refractivity contribution >= 4 is 11.6 Å². The fourth-order valence-corrected chi connectivity index (χ4v) is 2.44. The summed E-state index contributed by atoms with van der Waals surface area (Å²) in [4.78, 5) is 28.8. The van der Waals surface area contributed by atoms with Crippen LogP contribution in [0.3, 0.4) is 0 Å². The molecule has 0 saturated heterocycles. The first-order chi connectivity index (χ1) is 8.61. The minimum absolute atomic E-state index is 0.0804. The molecule has 1 aromatic carbocycles. The zero-order valence-corrected chi connectivity index (χ0v) is 10.2. The van der Waals surface area contributed by atoms with E-state index < -0.39 is 0 Å². The van der Waals surface area contributed by atoms with Crippen molar-refractivity contribution in [3.63, 3.8) is 0 Å². The maximum absolute atomic E-state index is 12.4. The van der Waals surface area contributed by atoms with Crippen molar-refractivity contribution in [3.8, 4) is 0 Å². The van der Waals surface area contributed by atoms with Crippen LogP contribution in [-0.2, 0) is 0 Å². The molecule has 0 bridgehead atoms. The van der Waals surface area contributed by atoms with Crippen molar-refractivity contribution in [1.29, 1.82) is 0 Å². The Morgan fingerprint density at radius 1 is 0.833 bits per heavy atom. The number of fused-ring (bicyclic) bond motifs is 2. The fourth-order valence-electron chi connectivity index (χ4n) is 2.44. The van der Waals surface area contributed by atoms with Gasteiger partial charge in [-0.1, -0.05) is 12.1 Å². The predicted molar refractivity (Wildman–Crippen MR) is 67.0 cm³/mol. The number of benzene rings is 1. The van der Waals surface area contributed by atoms with Gasteiger partial charge in [-0.25, -0.2) is 0 Å². The van der Waals surface area contributed by atoms with Gasteiger partial charge in [-0.2, -0.15) is 0 Å². The summed E-state index contributed by atoms with van der Waals surface area (Å²) in [5, 5.41) is 0. The number of hydrogen-bond acceptors (Lipinski definition) is 3. The normalized spacial score (nSPS) is 13.2. The van der Waals surface area contributed by atoms with E-state index in [0.29, 0.717) is 22.3 Å². The maximum atomic E-state index is 12.4. The first-order valence-electron chi connectivity index (χ1n) is 5.75. The topological polar surface area (TPSA) is 47.0 Å². The van der Waals surface area contributed by atoms with Gasteiger partial charge in [0.05, 0.1) is 5.56 Å². The Labute approximate surface area is 104 Å². The molecule has 1 heterocycles. The molecular formula is C15H11NO2. The number of carbonyl (C=O) groups excluding carboxylic acids is 2. The highest BCUT2D eigenvalue weighted by molar-refractivity contribution is 6.29. The lowest BCUT2D eigenvalue weighted by Gasteiger charge is -2.20. The van der Waals surface area contributed by atoms with E-state index >= 15 is 0 Å². The van der Waals surface area contributed by atoms with Gasteiger partial charge in [-0.3, -0.25) is 14.6 Å². The van der Waals surface area contributed by atoms with Crippen LogP contribution in [0.4, 0.5) is 0 Å². The molecule has 0 aliphatic heterocycles. The molecule has 0 atom stereocenters. The second-order valence-corrected chi connectivity index (χ2v) is 4.53. The molecule has 0 spiro atoms. The Balaban J connectivity index is 2.41. The summed E-state index contributed by atoms with van der Waals surface area (Å²) in [5.74, 6) is -0.183. The highest BCUT2D eigenvalue weighted by atomic mass is 16.1. The third-order valence-corrected chi connectivity index (χ3v) is 3.39. The van der Waals surface area contributed by atoms with Gasteiger partial charge in [0.2, 0.25) is 0 Å². The minimum atomic E-state index is -0.103. The summed E-state index contributed by atoms with van der Waals surface area (Å²) < 4.78 is 0. The van der Waals surface area contributed by atoms with Crippen LogP contribution < -0.4 is 0 Å². The largest absolute Gasteiger partial charge is 0.289 e. The number of rotatable bonds is 0. The number of pyridine rings is 1. The Bertz CT molecular complexity index is 642. The van der Waals surface area contributed by atoms with Crippen LogP contribution in [0.5, 0.6) is 0 Å². The Morgan fingerprint density at radius 2 is 1.39 bits per heavy atom. The molecule has 0 amide bonds. The quantitative estimate of drug-likeness (QED) is 0.603. The molecule has 3 heteroatoms. The molecule has 1 aliphatic carbocycles. The number of nitrogens with zero attached hydrogens (tertiary/aromatic N) is 1. The zero-order chi connectivity index (χ0) is 12.9. The van der Waals surface area contributed by atoms with Crippen molar-refractivity contribution in [1.82, 2.24) is 4.98 Å². The van der Waals surface area contributed by atoms with Crippen molar-refractivity contribution in [2.24, 2.45) is 0 Å². The van der Waals surface area contributed by atoms with E-state index in [-0.39, 0.29) is 11.6 Å². The third kappa shape index (κ3) is 1.27. The van der Waals surface area contributed by atoms with Crippen molar-refractivity contribution < 1.29 is 9.59 Å². The lowest BCUT2D eigenvalue weighted by Crippen LogP contribution is -2.23. The monoisotopic (exact) mass is 237 g/mol. The SMILES string of the molecule is Cc1ccc(C)c2c1C(=O)c1ccncc1C2=O. The highest BCUT2D eigenvalue weighted by Gasteiger charge is 2.31. The highest BCUT2D eigenvalue weighted by Crippen LogP contribution is 2.30. The molecule has 3 rings (SSSR count). The zero-order valence-electron chi connectivity index (χ0n) is 10.2. The molecule has 0 fully saturated rings. The molecule has 0 radical (unpaired) electrons. The van der Waals surface area contributed by atoms with Gasteiger partial charge < -0.3 is 0 Å². The van der Waals surface area contributed by atoms with Crippen LogP contribution in [-0.4, -0.2) is 16.6 Å².